The molecule has 1 amide bonds. The van der Waals surface area contributed by atoms with Crippen LogP contribution in [0.1, 0.15) is 39.5 Å². The number of nitrogens with zero attached hydrogens (tertiary/aromatic N) is 1. The van der Waals surface area contributed by atoms with E-state index in [1.165, 1.54) is 0 Å². The Morgan fingerprint density at radius 2 is 1.95 bits per heavy atom. The van der Waals surface area contributed by atoms with E-state index < -0.39 is 0 Å². The van der Waals surface area contributed by atoms with Crippen molar-refractivity contribution in [1.82, 2.24) is 10.2 Å². The normalized spacial score (nSPS) is 19.4. The highest BCUT2D eigenvalue weighted by Gasteiger charge is 2.38. The summed E-state index contributed by atoms with van der Waals surface area (Å²) in [6.07, 6.45) is 3.92. The molecule has 1 aliphatic rings. The molecule has 3 N–H and O–H groups in total. The molecule has 0 aromatic carbocycles. The average molecular weight is 314 g/mol. The van der Waals surface area contributed by atoms with Crippen molar-refractivity contribution in [2.24, 2.45) is 11.1 Å². The predicted molar refractivity (Wildman–Crippen MR) is 85.2 cm³/mol. The summed E-state index contributed by atoms with van der Waals surface area (Å²) < 4.78 is 0. The van der Waals surface area contributed by atoms with E-state index in [9.17, 15) is 4.79 Å². The number of likely N-dealkylation sites (N-methyl/N-ethyl adjacent to an activating group) is 1. The summed E-state index contributed by atoms with van der Waals surface area (Å²) in [5, 5.41) is 3.27. The van der Waals surface area contributed by atoms with Gasteiger partial charge in [-0.25, -0.2) is 0 Å². The van der Waals surface area contributed by atoms with Crippen LogP contribution in [0.4, 0.5) is 0 Å². The monoisotopic (exact) mass is 313 g/mol. The molecule has 0 saturated carbocycles. The molecule has 1 atom stereocenters. The highest BCUT2D eigenvalue weighted by Crippen LogP contribution is 2.29. The number of likely N-dealkylation sites (tertiary alicyclic amines) is 1. The number of nitrogens with one attached hydrogen (secondary N) is 1. The maximum atomic E-state index is 12.6. The molecule has 0 aromatic rings. The lowest BCUT2D eigenvalue weighted by atomic mass is 9.80. The minimum absolute atomic E-state index is 0. The molecular formula is C13H29Cl2N3O. The van der Waals surface area contributed by atoms with Gasteiger partial charge in [0, 0.05) is 25.7 Å². The number of halogens is 2. The van der Waals surface area contributed by atoms with E-state index in [0.29, 0.717) is 12.6 Å². The van der Waals surface area contributed by atoms with Crippen LogP contribution in [0.3, 0.4) is 0 Å². The van der Waals surface area contributed by atoms with Gasteiger partial charge in [-0.05, 0) is 32.7 Å². The second-order valence-corrected chi connectivity index (χ2v) is 5.07. The number of rotatable bonds is 5. The molecule has 1 fully saturated rings. The van der Waals surface area contributed by atoms with Gasteiger partial charge in [-0.2, -0.15) is 0 Å². The molecule has 1 aliphatic heterocycles. The highest BCUT2D eigenvalue weighted by molar-refractivity contribution is 5.85. The van der Waals surface area contributed by atoms with E-state index in [0.717, 1.165) is 38.8 Å². The molecule has 116 valence electrons. The fraction of sp³-hybridized carbons (Fsp3) is 0.923. The van der Waals surface area contributed by atoms with Crippen molar-refractivity contribution in [3.8, 4) is 0 Å². The number of piperidine rings is 1. The number of carbonyl (C=O) groups is 1. The minimum Gasteiger partial charge on any atom is -0.341 e. The van der Waals surface area contributed by atoms with Gasteiger partial charge >= 0.3 is 0 Å². The van der Waals surface area contributed by atoms with Crippen LogP contribution in [0.25, 0.3) is 0 Å². The maximum Gasteiger partial charge on any atom is 0.230 e. The third-order valence-electron chi connectivity index (χ3n) is 4.31. The molecule has 1 saturated heterocycles. The van der Waals surface area contributed by atoms with Crippen molar-refractivity contribution in [3.63, 3.8) is 0 Å². The average Bonchev–Trinajstić information content (AvgIpc) is 2.41. The zero-order chi connectivity index (χ0) is 12.9. The summed E-state index contributed by atoms with van der Waals surface area (Å²) in [6.45, 7) is 6.30. The van der Waals surface area contributed by atoms with Gasteiger partial charge in [0.25, 0.3) is 0 Å². The highest BCUT2D eigenvalue weighted by atomic mass is 35.5. The van der Waals surface area contributed by atoms with Gasteiger partial charge in [-0.1, -0.05) is 13.8 Å². The molecule has 19 heavy (non-hydrogen) atoms. The first-order valence-electron chi connectivity index (χ1n) is 6.80. The van der Waals surface area contributed by atoms with Crippen LogP contribution in [-0.2, 0) is 4.79 Å². The van der Waals surface area contributed by atoms with Gasteiger partial charge in [0.1, 0.15) is 0 Å². The first-order valence-corrected chi connectivity index (χ1v) is 6.80. The van der Waals surface area contributed by atoms with E-state index in [-0.39, 0.29) is 36.1 Å². The number of nitrogens with two attached hydrogens (primary N) is 1. The Balaban J connectivity index is 0. The van der Waals surface area contributed by atoms with Crippen molar-refractivity contribution >= 4 is 30.7 Å². The molecular weight excluding hydrogens is 285 g/mol. The van der Waals surface area contributed by atoms with Gasteiger partial charge < -0.3 is 16.0 Å². The quantitative estimate of drug-likeness (QED) is 0.813. The fourth-order valence-electron chi connectivity index (χ4n) is 2.66. The molecule has 0 bridgehead atoms. The molecule has 0 radical (unpaired) electrons. The van der Waals surface area contributed by atoms with E-state index in [1.54, 1.807) is 0 Å². The standard InChI is InChI=1S/C13H27N3O.2ClH/c1-4-13(5-2,10-14)12(17)16-8-6-7-11(9-16)15-3;;/h11,15H,4-10,14H2,1-3H3;2*1H. The zero-order valence-electron chi connectivity index (χ0n) is 12.3. The van der Waals surface area contributed by atoms with Crippen LogP contribution < -0.4 is 11.1 Å². The van der Waals surface area contributed by atoms with Crippen molar-refractivity contribution in [3.05, 3.63) is 0 Å². The number of carbonyl (C=O) groups excluding carboxylic acids is 1. The van der Waals surface area contributed by atoms with E-state index in [1.807, 2.05) is 11.9 Å². The van der Waals surface area contributed by atoms with Crippen LogP contribution in [-0.4, -0.2) is 43.5 Å². The molecule has 1 rings (SSSR count). The Kier molecular flexibility index (Phi) is 11.0. The number of amides is 1. The molecule has 0 spiro atoms. The number of hydrogen-bond donors (Lipinski definition) is 2. The maximum absolute atomic E-state index is 12.6. The van der Waals surface area contributed by atoms with Crippen LogP contribution >= 0.6 is 24.8 Å². The minimum atomic E-state index is -0.338. The van der Waals surface area contributed by atoms with Crippen LogP contribution in [0.15, 0.2) is 0 Å². The Bertz CT molecular complexity index is 252. The second-order valence-electron chi connectivity index (χ2n) is 5.07. The van der Waals surface area contributed by atoms with Gasteiger partial charge in [-0.3, -0.25) is 4.79 Å². The van der Waals surface area contributed by atoms with Crippen molar-refractivity contribution in [2.45, 2.75) is 45.6 Å². The summed E-state index contributed by atoms with van der Waals surface area (Å²) in [4.78, 5) is 14.6. The van der Waals surface area contributed by atoms with E-state index >= 15 is 0 Å². The smallest absolute Gasteiger partial charge is 0.230 e. The van der Waals surface area contributed by atoms with Crippen molar-refractivity contribution in [2.75, 3.05) is 26.7 Å². The van der Waals surface area contributed by atoms with E-state index in [2.05, 4.69) is 19.2 Å². The predicted octanol–water partition coefficient (Wildman–Crippen LogP) is 1.81. The molecule has 4 nitrogen and oxygen atoms in total. The van der Waals surface area contributed by atoms with Crippen LogP contribution in [0, 0.1) is 5.41 Å². The summed E-state index contributed by atoms with van der Waals surface area (Å²) in [5.74, 6) is 0.255. The lowest BCUT2D eigenvalue weighted by Gasteiger charge is -2.39. The Labute approximate surface area is 129 Å². The summed E-state index contributed by atoms with van der Waals surface area (Å²) in [5.41, 5.74) is 5.50. The molecule has 1 unspecified atom stereocenters. The molecule has 6 heteroatoms. The Hall–Kier alpha value is -0.0300. The molecule has 0 aromatic heterocycles. The largest absolute Gasteiger partial charge is 0.341 e. The van der Waals surface area contributed by atoms with Crippen LogP contribution in [0.2, 0.25) is 0 Å². The molecule has 0 aliphatic carbocycles. The van der Waals surface area contributed by atoms with Gasteiger partial charge in [0.05, 0.1) is 5.41 Å². The lowest BCUT2D eigenvalue weighted by molar-refractivity contribution is -0.143. The Morgan fingerprint density at radius 1 is 1.37 bits per heavy atom. The summed E-state index contributed by atoms with van der Waals surface area (Å²) in [6, 6.07) is 0.442. The zero-order valence-corrected chi connectivity index (χ0v) is 13.9. The first-order chi connectivity index (χ1) is 8.13. The molecule has 1 heterocycles. The third-order valence-corrected chi connectivity index (χ3v) is 4.31. The fourth-order valence-corrected chi connectivity index (χ4v) is 2.66. The van der Waals surface area contributed by atoms with Crippen LogP contribution in [0.5, 0.6) is 0 Å². The lowest BCUT2D eigenvalue weighted by Crippen LogP contribution is -2.53. The van der Waals surface area contributed by atoms with Gasteiger partial charge in [0.15, 0.2) is 0 Å². The topological polar surface area (TPSA) is 58.4 Å². The van der Waals surface area contributed by atoms with E-state index in [4.69, 9.17) is 5.73 Å². The third kappa shape index (κ3) is 4.78. The summed E-state index contributed by atoms with van der Waals surface area (Å²) >= 11 is 0. The van der Waals surface area contributed by atoms with Crippen molar-refractivity contribution in [1.29, 1.82) is 0 Å². The second kappa shape index (κ2) is 9.81. The van der Waals surface area contributed by atoms with Crippen molar-refractivity contribution < 1.29 is 4.79 Å². The van der Waals surface area contributed by atoms with Gasteiger partial charge in [-0.15, -0.1) is 24.8 Å². The SMILES string of the molecule is CCC(CC)(CN)C(=O)N1CCCC(NC)C1.Cl.Cl. The first kappa shape index (κ1) is 21.3. The summed E-state index contributed by atoms with van der Waals surface area (Å²) in [7, 11) is 1.97. The number of hydrogen-bond acceptors (Lipinski definition) is 3. The Morgan fingerprint density at radius 3 is 2.37 bits per heavy atom. The van der Waals surface area contributed by atoms with Gasteiger partial charge in [0.2, 0.25) is 5.91 Å².